The average molecular weight is 254 g/mol. The van der Waals surface area contributed by atoms with Crippen molar-refractivity contribution in [2.75, 3.05) is 19.7 Å². The molecule has 1 atom stereocenters. The van der Waals surface area contributed by atoms with E-state index in [2.05, 4.69) is 10.6 Å². The Morgan fingerprint density at radius 2 is 2.06 bits per heavy atom. The first kappa shape index (κ1) is 13.8. The van der Waals surface area contributed by atoms with E-state index >= 15 is 0 Å². The molecule has 4 nitrogen and oxygen atoms in total. The van der Waals surface area contributed by atoms with Crippen LogP contribution in [0.25, 0.3) is 0 Å². The van der Waals surface area contributed by atoms with Gasteiger partial charge in [0.15, 0.2) is 0 Å². The van der Waals surface area contributed by atoms with Gasteiger partial charge in [-0.15, -0.1) is 0 Å². The van der Waals surface area contributed by atoms with Crippen molar-refractivity contribution in [3.63, 3.8) is 0 Å². The van der Waals surface area contributed by atoms with Crippen molar-refractivity contribution < 1.29 is 9.53 Å². The molecule has 18 heavy (non-hydrogen) atoms. The van der Waals surface area contributed by atoms with E-state index in [9.17, 15) is 4.79 Å². The van der Waals surface area contributed by atoms with E-state index in [-0.39, 0.29) is 11.5 Å². The van der Waals surface area contributed by atoms with E-state index in [0.29, 0.717) is 6.04 Å². The number of hydrogen-bond donors (Lipinski definition) is 2. The summed E-state index contributed by atoms with van der Waals surface area (Å²) in [6, 6.07) is 0.561. The minimum atomic E-state index is 0.0486. The van der Waals surface area contributed by atoms with Crippen LogP contribution < -0.4 is 10.6 Å². The van der Waals surface area contributed by atoms with Crippen LogP contribution in [0.3, 0.4) is 0 Å². The summed E-state index contributed by atoms with van der Waals surface area (Å²) in [4.78, 5) is 10.8. The van der Waals surface area contributed by atoms with Crippen molar-refractivity contribution >= 4 is 5.91 Å². The lowest BCUT2D eigenvalue weighted by Crippen LogP contribution is -2.49. The number of rotatable bonds is 4. The molecule has 0 aromatic carbocycles. The predicted molar refractivity (Wildman–Crippen MR) is 71.5 cm³/mol. The fraction of sp³-hybridized carbons (Fsp3) is 0.929. The van der Waals surface area contributed by atoms with Gasteiger partial charge in [0.25, 0.3) is 0 Å². The van der Waals surface area contributed by atoms with Crippen LogP contribution in [0.2, 0.25) is 0 Å². The van der Waals surface area contributed by atoms with Gasteiger partial charge in [-0.3, -0.25) is 4.79 Å². The third-order valence-corrected chi connectivity index (χ3v) is 4.19. The molecule has 0 aromatic heterocycles. The highest BCUT2D eigenvalue weighted by Gasteiger charge is 2.38. The molecular formula is C14H26N2O2. The minimum absolute atomic E-state index is 0.0486. The van der Waals surface area contributed by atoms with Gasteiger partial charge in [-0.25, -0.2) is 0 Å². The summed E-state index contributed by atoms with van der Waals surface area (Å²) in [5, 5.41) is 6.38. The Morgan fingerprint density at radius 1 is 1.28 bits per heavy atom. The van der Waals surface area contributed by atoms with Crippen LogP contribution >= 0.6 is 0 Å². The lowest BCUT2D eigenvalue weighted by atomic mass is 9.78. The third-order valence-electron chi connectivity index (χ3n) is 4.19. The van der Waals surface area contributed by atoms with Crippen LogP contribution in [-0.4, -0.2) is 37.2 Å². The quantitative estimate of drug-likeness (QED) is 0.749. The molecule has 0 bridgehead atoms. The topological polar surface area (TPSA) is 50.4 Å². The maximum absolute atomic E-state index is 10.8. The molecule has 2 N–H and O–H groups in total. The normalized spacial score (nSPS) is 27.1. The Hall–Kier alpha value is -0.610. The Labute approximate surface area is 110 Å². The number of nitrogens with one attached hydrogen (secondary N) is 2. The molecule has 2 aliphatic rings. The SMILES string of the molecule is CC(=O)NCCNC1CCOC2(CCCCC2)C1. The van der Waals surface area contributed by atoms with E-state index in [1.165, 1.54) is 32.1 Å². The molecule has 1 amide bonds. The Morgan fingerprint density at radius 3 is 2.78 bits per heavy atom. The molecule has 1 heterocycles. The van der Waals surface area contributed by atoms with Gasteiger partial charge < -0.3 is 15.4 Å². The lowest BCUT2D eigenvalue weighted by Gasteiger charge is -2.43. The molecule has 0 aromatic rings. The molecule has 2 rings (SSSR count). The molecule has 1 spiro atoms. The monoisotopic (exact) mass is 254 g/mol. The van der Waals surface area contributed by atoms with Crippen LogP contribution in [0.4, 0.5) is 0 Å². The van der Waals surface area contributed by atoms with Crippen LogP contribution in [0.5, 0.6) is 0 Å². The first-order valence-electron chi connectivity index (χ1n) is 7.32. The summed E-state index contributed by atoms with van der Waals surface area (Å²) < 4.78 is 6.07. The fourth-order valence-corrected chi connectivity index (χ4v) is 3.26. The van der Waals surface area contributed by atoms with E-state index < -0.39 is 0 Å². The van der Waals surface area contributed by atoms with E-state index in [1.54, 1.807) is 6.92 Å². The fourth-order valence-electron chi connectivity index (χ4n) is 3.26. The zero-order valence-corrected chi connectivity index (χ0v) is 11.5. The Kier molecular flexibility index (Phi) is 5.01. The molecule has 0 radical (unpaired) electrons. The summed E-state index contributed by atoms with van der Waals surface area (Å²) in [6.45, 7) is 4.03. The summed E-state index contributed by atoms with van der Waals surface area (Å²) >= 11 is 0. The number of ether oxygens (including phenoxy) is 1. The molecule has 4 heteroatoms. The van der Waals surface area contributed by atoms with E-state index in [4.69, 9.17) is 4.74 Å². The highest BCUT2D eigenvalue weighted by atomic mass is 16.5. The maximum Gasteiger partial charge on any atom is 0.216 e. The van der Waals surface area contributed by atoms with Crippen molar-refractivity contribution in [2.24, 2.45) is 0 Å². The molecular weight excluding hydrogens is 228 g/mol. The van der Waals surface area contributed by atoms with E-state index in [0.717, 1.165) is 32.5 Å². The number of carbonyl (C=O) groups excluding carboxylic acids is 1. The molecule has 1 aliphatic carbocycles. The summed E-state index contributed by atoms with van der Waals surface area (Å²) in [5.74, 6) is 0.0486. The largest absolute Gasteiger partial charge is 0.375 e. The smallest absolute Gasteiger partial charge is 0.216 e. The highest BCUT2D eigenvalue weighted by Crippen LogP contribution is 2.38. The van der Waals surface area contributed by atoms with Crippen molar-refractivity contribution in [2.45, 2.75) is 63.5 Å². The third kappa shape index (κ3) is 3.95. The summed E-state index contributed by atoms with van der Waals surface area (Å²) in [7, 11) is 0. The van der Waals surface area contributed by atoms with Crippen molar-refractivity contribution in [1.29, 1.82) is 0 Å². The van der Waals surface area contributed by atoms with Crippen LogP contribution in [0, 0.1) is 0 Å². The number of hydrogen-bond acceptors (Lipinski definition) is 3. The standard InChI is InChI=1S/C14H26N2O2/c1-12(17)15-8-9-16-13-5-10-18-14(11-13)6-3-2-4-7-14/h13,16H,2-11H2,1H3,(H,15,17). The molecule has 104 valence electrons. The van der Waals surface area contributed by atoms with Gasteiger partial charge in [0.05, 0.1) is 5.60 Å². The average Bonchev–Trinajstić information content (AvgIpc) is 2.36. The van der Waals surface area contributed by atoms with Gasteiger partial charge in [0.2, 0.25) is 5.91 Å². The van der Waals surface area contributed by atoms with Gasteiger partial charge in [0.1, 0.15) is 0 Å². The zero-order valence-electron chi connectivity index (χ0n) is 11.5. The first-order chi connectivity index (χ1) is 8.70. The van der Waals surface area contributed by atoms with Crippen LogP contribution in [0.15, 0.2) is 0 Å². The van der Waals surface area contributed by atoms with Gasteiger partial charge in [0, 0.05) is 32.7 Å². The molecule has 1 aliphatic heterocycles. The maximum atomic E-state index is 10.8. The second-order valence-electron chi connectivity index (χ2n) is 5.72. The van der Waals surface area contributed by atoms with Gasteiger partial charge in [-0.05, 0) is 25.7 Å². The first-order valence-corrected chi connectivity index (χ1v) is 7.32. The van der Waals surface area contributed by atoms with Crippen molar-refractivity contribution in [1.82, 2.24) is 10.6 Å². The van der Waals surface area contributed by atoms with Gasteiger partial charge in [-0.1, -0.05) is 19.3 Å². The molecule has 1 saturated carbocycles. The lowest BCUT2D eigenvalue weighted by molar-refractivity contribution is -0.119. The zero-order chi connectivity index (χ0) is 12.8. The summed E-state index contributed by atoms with van der Waals surface area (Å²) in [5.41, 5.74) is 0.169. The van der Waals surface area contributed by atoms with Crippen molar-refractivity contribution in [3.05, 3.63) is 0 Å². The highest BCUT2D eigenvalue weighted by molar-refractivity contribution is 5.72. The number of carbonyl (C=O) groups is 1. The second kappa shape index (κ2) is 6.53. The number of amides is 1. The summed E-state index contributed by atoms with van der Waals surface area (Å²) in [6.07, 6.45) is 8.71. The Balaban J connectivity index is 1.71. The Bertz CT molecular complexity index is 269. The molecule has 2 fully saturated rings. The van der Waals surface area contributed by atoms with Crippen LogP contribution in [-0.2, 0) is 9.53 Å². The second-order valence-corrected chi connectivity index (χ2v) is 5.72. The predicted octanol–water partition coefficient (Wildman–Crippen LogP) is 1.59. The van der Waals surface area contributed by atoms with Gasteiger partial charge in [-0.2, -0.15) is 0 Å². The van der Waals surface area contributed by atoms with Crippen LogP contribution in [0.1, 0.15) is 51.9 Å². The van der Waals surface area contributed by atoms with E-state index in [1.807, 2.05) is 0 Å². The van der Waals surface area contributed by atoms with Gasteiger partial charge >= 0.3 is 0 Å². The minimum Gasteiger partial charge on any atom is -0.375 e. The van der Waals surface area contributed by atoms with Crippen molar-refractivity contribution in [3.8, 4) is 0 Å². The molecule has 1 saturated heterocycles. The molecule has 1 unspecified atom stereocenters.